The lowest BCUT2D eigenvalue weighted by Crippen LogP contribution is -2.33. The highest BCUT2D eigenvalue weighted by Crippen LogP contribution is 2.22. The number of ether oxygens (including phenoxy) is 2. The van der Waals surface area contributed by atoms with Crippen molar-refractivity contribution in [2.24, 2.45) is 0 Å². The van der Waals surface area contributed by atoms with Gasteiger partial charge in [0.05, 0.1) is 12.8 Å². The highest BCUT2D eigenvalue weighted by Gasteiger charge is 2.11. The molecule has 3 N–H and O–H groups in total. The molecule has 1 rings (SSSR count). The number of carbonyl (C=O) groups is 1. The SMILES string of the molecule is COCCC(C)NC(=O)c1ccc(N)c(OC)c1. The number of benzene rings is 1. The van der Waals surface area contributed by atoms with E-state index in [2.05, 4.69) is 5.32 Å². The lowest BCUT2D eigenvalue weighted by atomic mass is 10.1. The third-order valence-electron chi connectivity index (χ3n) is 2.63. The Morgan fingerprint density at radius 1 is 1.44 bits per heavy atom. The first-order chi connectivity index (χ1) is 8.58. The van der Waals surface area contributed by atoms with Crippen molar-refractivity contribution in [1.29, 1.82) is 0 Å². The molecule has 18 heavy (non-hydrogen) atoms. The van der Waals surface area contributed by atoms with Crippen LogP contribution >= 0.6 is 0 Å². The summed E-state index contributed by atoms with van der Waals surface area (Å²) in [6.07, 6.45) is 0.772. The molecule has 0 saturated heterocycles. The summed E-state index contributed by atoms with van der Waals surface area (Å²) in [7, 11) is 3.16. The molecular weight excluding hydrogens is 232 g/mol. The second kappa shape index (κ2) is 6.86. The van der Waals surface area contributed by atoms with Gasteiger partial charge in [0.25, 0.3) is 5.91 Å². The van der Waals surface area contributed by atoms with Crippen LogP contribution in [0.5, 0.6) is 5.75 Å². The maximum atomic E-state index is 11.9. The lowest BCUT2D eigenvalue weighted by Gasteiger charge is -2.14. The van der Waals surface area contributed by atoms with E-state index in [0.29, 0.717) is 23.6 Å². The molecule has 0 saturated carbocycles. The van der Waals surface area contributed by atoms with Gasteiger partial charge in [0.2, 0.25) is 0 Å². The number of anilines is 1. The predicted octanol–water partition coefficient (Wildman–Crippen LogP) is 1.43. The highest BCUT2D eigenvalue weighted by molar-refractivity contribution is 5.95. The quantitative estimate of drug-likeness (QED) is 0.751. The molecule has 0 aliphatic heterocycles. The standard InChI is InChI=1S/C13H20N2O3/c1-9(6-7-17-2)15-13(16)10-4-5-11(14)12(8-10)18-3/h4-5,8-9H,6-7,14H2,1-3H3,(H,15,16). The topological polar surface area (TPSA) is 73.6 Å². The molecule has 0 bridgehead atoms. The normalized spacial score (nSPS) is 11.9. The maximum absolute atomic E-state index is 11.9. The minimum absolute atomic E-state index is 0.0565. The van der Waals surface area contributed by atoms with Gasteiger partial charge < -0.3 is 20.5 Å². The molecule has 100 valence electrons. The molecule has 0 aliphatic carbocycles. The summed E-state index contributed by atoms with van der Waals surface area (Å²) in [5.74, 6) is 0.365. The van der Waals surface area contributed by atoms with Gasteiger partial charge in [-0.1, -0.05) is 0 Å². The molecule has 0 radical (unpaired) electrons. The first-order valence-corrected chi connectivity index (χ1v) is 5.81. The van der Waals surface area contributed by atoms with E-state index in [0.717, 1.165) is 6.42 Å². The Kier molecular flexibility index (Phi) is 5.45. The molecule has 5 heteroatoms. The first kappa shape index (κ1) is 14.3. The van der Waals surface area contributed by atoms with Crippen molar-refractivity contribution >= 4 is 11.6 Å². The third-order valence-corrected chi connectivity index (χ3v) is 2.63. The molecule has 1 atom stereocenters. The predicted molar refractivity (Wildman–Crippen MR) is 70.8 cm³/mol. The molecule has 1 aromatic rings. The van der Waals surface area contributed by atoms with Gasteiger partial charge in [-0.3, -0.25) is 4.79 Å². The molecule has 1 aromatic carbocycles. The number of amides is 1. The van der Waals surface area contributed by atoms with Crippen LogP contribution in [0.4, 0.5) is 5.69 Å². The number of methoxy groups -OCH3 is 2. The minimum Gasteiger partial charge on any atom is -0.495 e. The van der Waals surface area contributed by atoms with E-state index in [-0.39, 0.29) is 11.9 Å². The second-order valence-corrected chi connectivity index (χ2v) is 4.11. The number of rotatable bonds is 6. The van der Waals surface area contributed by atoms with E-state index < -0.39 is 0 Å². The smallest absolute Gasteiger partial charge is 0.251 e. The van der Waals surface area contributed by atoms with Gasteiger partial charge in [0, 0.05) is 25.3 Å². The monoisotopic (exact) mass is 252 g/mol. The number of hydrogen-bond acceptors (Lipinski definition) is 4. The van der Waals surface area contributed by atoms with Crippen LogP contribution < -0.4 is 15.8 Å². The Balaban J connectivity index is 2.66. The van der Waals surface area contributed by atoms with Crippen molar-refractivity contribution in [2.45, 2.75) is 19.4 Å². The lowest BCUT2D eigenvalue weighted by molar-refractivity contribution is 0.0929. The van der Waals surface area contributed by atoms with Gasteiger partial charge in [0.15, 0.2) is 0 Å². The number of carbonyl (C=O) groups excluding carboxylic acids is 1. The average Bonchev–Trinajstić information content (AvgIpc) is 2.36. The number of nitrogens with one attached hydrogen (secondary N) is 1. The van der Waals surface area contributed by atoms with Crippen LogP contribution in [0.3, 0.4) is 0 Å². The van der Waals surface area contributed by atoms with Crippen molar-refractivity contribution in [3.8, 4) is 5.75 Å². The van der Waals surface area contributed by atoms with Gasteiger partial charge >= 0.3 is 0 Å². The molecule has 1 amide bonds. The molecular formula is C13H20N2O3. The van der Waals surface area contributed by atoms with Crippen molar-refractivity contribution < 1.29 is 14.3 Å². The van der Waals surface area contributed by atoms with Crippen molar-refractivity contribution in [2.75, 3.05) is 26.6 Å². The van der Waals surface area contributed by atoms with Gasteiger partial charge in [-0.2, -0.15) is 0 Å². The van der Waals surface area contributed by atoms with Crippen LogP contribution in [0.25, 0.3) is 0 Å². The molecule has 0 aromatic heterocycles. The van der Waals surface area contributed by atoms with Crippen LogP contribution in [0.1, 0.15) is 23.7 Å². The minimum atomic E-state index is -0.142. The van der Waals surface area contributed by atoms with E-state index in [9.17, 15) is 4.79 Å². The van der Waals surface area contributed by atoms with E-state index in [1.807, 2.05) is 6.92 Å². The molecule has 0 aliphatic rings. The third kappa shape index (κ3) is 3.92. The zero-order valence-corrected chi connectivity index (χ0v) is 11.0. The summed E-state index contributed by atoms with van der Waals surface area (Å²) >= 11 is 0. The fourth-order valence-corrected chi connectivity index (χ4v) is 1.53. The Labute approximate surface area is 107 Å². The van der Waals surface area contributed by atoms with Gasteiger partial charge in [-0.05, 0) is 31.5 Å². The second-order valence-electron chi connectivity index (χ2n) is 4.11. The molecule has 1 unspecified atom stereocenters. The van der Waals surface area contributed by atoms with Crippen LogP contribution in [0.2, 0.25) is 0 Å². The summed E-state index contributed by atoms with van der Waals surface area (Å²) in [6, 6.07) is 5.03. The van der Waals surface area contributed by atoms with Crippen LogP contribution in [0, 0.1) is 0 Å². The number of nitrogen functional groups attached to an aromatic ring is 1. The van der Waals surface area contributed by atoms with Gasteiger partial charge in [-0.25, -0.2) is 0 Å². The average molecular weight is 252 g/mol. The van der Waals surface area contributed by atoms with Crippen molar-refractivity contribution in [1.82, 2.24) is 5.32 Å². The largest absolute Gasteiger partial charge is 0.495 e. The summed E-state index contributed by atoms with van der Waals surface area (Å²) in [4.78, 5) is 11.9. The Bertz CT molecular complexity index is 407. The molecule has 0 spiro atoms. The van der Waals surface area contributed by atoms with E-state index in [1.165, 1.54) is 7.11 Å². The fourth-order valence-electron chi connectivity index (χ4n) is 1.53. The summed E-state index contributed by atoms with van der Waals surface area (Å²) in [5, 5.41) is 2.89. The van der Waals surface area contributed by atoms with Crippen LogP contribution in [0.15, 0.2) is 18.2 Å². The fraction of sp³-hybridized carbons (Fsp3) is 0.462. The summed E-state index contributed by atoms with van der Waals surface area (Å²) in [6.45, 7) is 2.55. The Hall–Kier alpha value is -1.75. The van der Waals surface area contributed by atoms with Gasteiger partial charge in [0.1, 0.15) is 5.75 Å². The van der Waals surface area contributed by atoms with E-state index in [4.69, 9.17) is 15.2 Å². The molecule has 0 fully saturated rings. The van der Waals surface area contributed by atoms with Crippen LogP contribution in [-0.4, -0.2) is 32.8 Å². The zero-order valence-electron chi connectivity index (χ0n) is 11.0. The Morgan fingerprint density at radius 2 is 2.17 bits per heavy atom. The number of nitrogens with two attached hydrogens (primary N) is 1. The van der Waals surface area contributed by atoms with Crippen molar-refractivity contribution in [3.63, 3.8) is 0 Å². The molecule has 0 heterocycles. The zero-order chi connectivity index (χ0) is 13.5. The van der Waals surface area contributed by atoms with Crippen molar-refractivity contribution in [3.05, 3.63) is 23.8 Å². The number of hydrogen-bond donors (Lipinski definition) is 2. The highest BCUT2D eigenvalue weighted by atomic mass is 16.5. The molecule has 5 nitrogen and oxygen atoms in total. The maximum Gasteiger partial charge on any atom is 0.251 e. The summed E-state index contributed by atoms with van der Waals surface area (Å²) < 4.78 is 10.0. The van der Waals surface area contributed by atoms with E-state index in [1.54, 1.807) is 25.3 Å². The van der Waals surface area contributed by atoms with Crippen LogP contribution in [-0.2, 0) is 4.74 Å². The summed E-state index contributed by atoms with van der Waals surface area (Å²) in [5.41, 5.74) is 6.74. The Morgan fingerprint density at radius 3 is 2.78 bits per heavy atom. The van der Waals surface area contributed by atoms with E-state index >= 15 is 0 Å². The van der Waals surface area contributed by atoms with Gasteiger partial charge in [-0.15, -0.1) is 0 Å². The first-order valence-electron chi connectivity index (χ1n) is 5.81.